The van der Waals surface area contributed by atoms with Crippen molar-refractivity contribution >= 4 is 0 Å². The van der Waals surface area contributed by atoms with E-state index in [0.717, 1.165) is 0 Å². The van der Waals surface area contributed by atoms with Crippen molar-refractivity contribution in [2.45, 2.75) is 0 Å². The zero-order chi connectivity index (χ0) is 8.12. The number of hydrogen-bond donors (Lipinski definition) is 0. The van der Waals surface area contributed by atoms with Gasteiger partial charge in [-0.1, -0.05) is 0 Å². The van der Waals surface area contributed by atoms with Gasteiger partial charge in [-0.15, -0.1) is 0 Å². The molecule has 0 aliphatic heterocycles. The normalized spacial score (nSPS) is 5.40. The van der Waals surface area contributed by atoms with Crippen LogP contribution in [0.25, 0.3) is 16.0 Å². The molecule has 64 valence electrons. The van der Waals surface area contributed by atoms with Crippen molar-refractivity contribution in [3.05, 3.63) is 16.0 Å². The van der Waals surface area contributed by atoms with Gasteiger partial charge in [0.05, 0.1) is 0 Å². The summed E-state index contributed by atoms with van der Waals surface area (Å²) in [4.78, 5) is 0. The Morgan fingerprint density at radius 2 is 0.500 bits per heavy atom. The molecule has 4 heteroatoms. The van der Waals surface area contributed by atoms with Crippen molar-refractivity contribution in [1.29, 1.82) is 0 Å². The Labute approximate surface area is 84.1 Å². The second kappa shape index (κ2) is 53.1. The number of nitrogens with zero attached hydrogens (tertiary/aromatic N) is 3. The molecule has 0 aliphatic carbocycles. The Morgan fingerprint density at radius 1 is 0.500 bits per heavy atom. The summed E-state index contributed by atoms with van der Waals surface area (Å²) in [6.07, 6.45) is 0. The molecule has 0 saturated carbocycles. The largest absolute Gasteiger partial charge is 0.668 e. The van der Waals surface area contributed by atoms with Gasteiger partial charge in [-0.3, -0.25) is 0 Å². The molecule has 0 aromatic carbocycles. The summed E-state index contributed by atoms with van der Waals surface area (Å²) in [5, 5.41) is 10.5. The van der Waals surface area contributed by atoms with Crippen molar-refractivity contribution in [2.24, 2.45) is 0 Å². The maximum absolute atomic E-state index is 3.50. The van der Waals surface area contributed by atoms with E-state index in [0.29, 0.717) is 0 Å². The van der Waals surface area contributed by atoms with Gasteiger partial charge in [0, 0.05) is 25.8 Å². The maximum Gasteiger partial charge on any atom is 0 e. The van der Waals surface area contributed by atoms with Gasteiger partial charge >= 0.3 is 0 Å². The predicted octanol–water partition coefficient (Wildman–Crippen LogP) is 1.86. The smallest absolute Gasteiger partial charge is 0 e. The molecule has 10 heavy (non-hydrogen) atoms. The zero-order valence-electron chi connectivity index (χ0n) is 7.84. The third kappa shape index (κ3) is 934. The second-order valence-corrected chi connectivity index (χ2v) is 1.34. The average Bonchev–Trinajstić information content (AvgIpc) is 1.70. The first-order valence-electron chi connectivity index (χ1n) is 2.68. The van der Waals surface area contributed by atoms with Crippen LogP contribution in [0.1, 0.15) is 0 Å². The van der Waals surface area contributed by atoms with Gasteiger partial charge < -0.3 is 16.0 Å². The van der Waals surface area contributed by atoms with Crippen molar-refractivity contribution in [3.8, 4) is 0 Å². The van der Waals surface area contributed by atoms with Gasteiger partial charge in [0.1, 0.15) is 0 Å². The third-order valence-electron chi connectivity index (χ3n) is 0. The average molecular weight is 311 g/mol. The van der Waals surface area contributed by atoms with E-state index in [2.05, 4.69) is 16.0 Å². The first-order chi connectivity index (χ1) is 4.24. The summed E-state index contributed by atoms with van der Waals surface area (Å²) < 4.78 is 0. The topological polar surface area (TPSA) is 42.3 Å². The zero-order valence-corrected chi connectivity index (χ0v) is 11.4. The van der Waals surface area contributed by atoms with Crippen LogP contribution in [0.15, 0.2) is 0 Å². The van der Waals surface area contributed by atoms with Crippen LogP contribution in [0.2, 0.25) is 0 Å². The molecule has 0 aromatic heterocycles. The Balaban J connectivity index is -0.0000000257. The maximum atomic E-state index is 3.50. The van der Waals surface area contributed by atoms with Gasteiger partial charge in [-0.05, 0) is 0 Å². The van der Waals surface area contributed by atoms with E-state index in [4.69, 9.17) is 0 Å². The first kappa shape index (κ1) is 22.4. The Hall–Kier alpha value is 0.750. The monoisotopic (exact) mass is 312 g/mol. The molecule has 0 unspecified atom stereocenters. The fraction of sp³-hybridized carbons (Fsp3) is 1.00. The number of rotatable bonds is 0. The Bertz CT molecular complexity index is 17.7. The minimum Gasteiger partial charge on any atom is -0.668 e. The molecule has 0 radical (unpaired) electrons. The van der Waals surface area contributed by atoms with Crippen LogP contribution in [0.3, 0.4) is 0 Å². The van der Waals surface area contributed by atoms with Gasteiger partial charge in [-0.2, -0.15) is 42.3 Å². The van der Waals surface area contributed by atoms with Crippen molar-refractivity contribution in [2.75, 3.05) is 42.3 Å². The van der Waals surface area contributed by atoms with Gasteiger partial charge in [0.2, 0.25) is 0 Å². The summed E-state index contributed by atoms with van der Waals surface area (Å²) in [7, 11) is 10.5. The molecule has 0 saturated heterocycles. The standard InChI is InChI=1S/3C2H6N.Hf/c3*1-3-2;/h3*1-2H3;/q3*-1;. The molecule has 0 amide bonds. The SMILES string of the molecule is C[N-]C.C[N-]C.C[N-]C.[Hf]. The van der Waals surface area contributed by atoms with E-state index in [1.165, 1.54) is 0 Å². The van der Waals surface area contributed by atoms with E-state index >= 15 is 0 Å². The van der Waals surface area contributed by atoms with Crippen LogP contribution >= 0.6 is 0 Å². The molecular weight excluding hydrogens is 293 g/mol. The summed E-state index contributed by atoms with van der Waals surface area (Å²) in [6, 6.07) is 0. The van der Waals surface area contributed by atoms with Crippen molar-refractivity contribution in [1.82, 2.24) is 0 Å². The fourth-order valence-electron chi connectivity index (χ4n) is 0. The van der Waals surface area contributed by atoms with E-state index < -0.39 is 0 Å². The van der Waals surface area contributed by atoms with E-state index in [9.17, 15) is 0 Å². The Kier molecular flexibility index (Phi) is 119. The third-order valence-corrected chi connectivity index (χ3v) is 0. The molecule has 0 rings (SSSR count). The van der Waals surface area contributed by atoms with Gasteiger partial charge in [0.25, 0.3) is 0 Å². The van der Waals surface area contributed by atoms with Crippen LogP contribution in [-0.2, 0) is 25.8 Å². The van der Waals surface area contributed by atoms with Crippen molar-refractivity contribution < 1.29 is 25.8 Å². The van der Waals surface area contributed by atoms with Crippen LogP contribution in [-0.4, -0.2) is 42.3 Å². The minimum atomic E-state index is 0. The molecule has 0 atom stereocenters. The van der Waals surface area contributed by atoms with Crippen molar-refractivity contribution in [3.63, 3.8) is 0 Å². The van der Waals surface area contributed by atoms with Crippen LogP contribution < -0.4 is 0 Å². The van der Waals surface area contributed by atoms with Gasteiger partial charge in [-0.25, -0.2) is 0 Å². The minimum absolute atomic E-state index is 0. The first-order valence-corrected chi connectivity index (χ1v) is 2.68. The van der Waals surface area contributed by atoms with E-state index in [-0.39, 0.29) is 25.8 Å². The van der Waals surface area contributed by atoms with E-state index in [1.54, 1.807) is 42.3 Å². The van der Waals surface area contributed by atoms with Crippen LogP contribution in [0.4, 0.5) is 0 Å². The summed E-state index contributed by atoms with van der Waals surface area (Å²) in [6.45, 7) is 0. The molecule has 0 aromatic rings. The molecular formula is C6H18HfN3-3. The van der Waals surface area contributed by atoms with Crippen LogP contribution in [0, 0.1) is 0 Å². The Morgan fingerprint density at radius 3 is 0.500 bits per heavy atom. The molecule has 0 fully saturated rings. The summed E-state index contributed by atoms with van der Waals surface area (Å²) in [5.74, 6) is 0. The molecule has 0 N–H and O–H groups in total. The summed E-state index contributed by atoms with van der Waals surface area (Å²) >= 11 is 0. The molecule has 0 bridgehead atoms. The fourth-order valence-corrected chi connectivity index (χ4v) is 0. The molecule has 0 spiro atoms. The quantitative estimate of drug-likeness (QED) is 0.613. The van der Waals surface area contributed by atoms with Crippen LogP contribution in [0.5, 0.6) is 0 Å². The summed E-state index contributed by atoms with van der Waals surface area (Å²) in [5.41, 5.74) is 0. The van der Waals surface area contributed by atoms with Gasteiger partial charge in [0.15, 0.2) is 0 Å². The number of hydrogen-bond acceptors (Lipinski definition) is 0. The van der Waals surface area contributed by atoms with E-state index in [1.807, 2.05) is 0 Å². The second-order valence-electron chi connectivity index (χ2n) is 1.34. The predicted molar refractivity (Wildman–Crippen MR) is 45.6 cm³/mol. The molecule has 0 heterocycles. The molecule has 0 aliphatic rings. The molecule has 3 nitrogen and oxygen atoms in total.